The minimum Gasteiger partial charge on any atom is -0.372 e. The molecule has 0 unspecified atom stereocenters. The topological polar surface area (TPSA) is 34.6 Å². The van der Waals surface area contributed by atoms with Crippen LogP contribution in [-0.4, -0.2) is 47.8 Å². The van der Waals surface area contributed by atoms with Gasteiger partial charge in [-0.3, -0.25) is 4.98 Å². The van der Waals surface area contributed by atoms with E-state index in [2.05, 4.69) is 40.2 Å². The third-order valence-electron chi connectivity index (χ3n) is 5.74. The van der Waals surface area contributed by atoms with Crippen molar-refractivity contribution < 1.29 is 9.47 Å². The van der Waals surface area contributed by atoms with Crippen LogP contribution in [0.2, 0.25) is 0 Å². The number of likely N-dealkylation sites (tertiary alicyclic amines) is 1. The Morgan fingerprint density at radius 2 is 1.81 bits per heavy atom. The van der Waals surface area contributed by atoms with Gasteiger partial charge in [0.25, 0.3) is 0 Å². The Labute approximate surface area is 156 Å². The molecule has 2 saturated heterocycles. The first-order valence-corrected chi connectivity index (χ1v) is 9.72. The van der Waals surface area contributed by atoms with Crippen molar-refractivity contribution in [3.63, 3.8) is 0 Å². The van der Waals surface area contributed by atoms with Gasteiger partial charge < -0.3 is 14.4 Å². The Morgan fingerprint density at radius 3 is 2.58 bits per heavy atom. The van der Waals surface area contributed by atoms with Gasteiger partial charge in [0.15, 0.2) is 0 Å². The van der Waals surface area contributed by atoms with E-state index in [1.165, 1.54) is 11.1 Å². The number of hydrogen-bond donors (Lipinski definition) is 0. The van der Waals surface area contributed by atoms with Crippen molar-refractivity contribution in [2.75, 3.05) is 26.2 Å². The summed E-state index contributed by atoms with van der Waals surface area (Å²) in [6.07, 6.45) is 8.26. The van der Waals surface area contributed by atoms with E-state index in [0.717, 1.165) is 51.9 Å². The second-order valence-electron chi connectivity index (χ2n) is 7.56. The highest BCUT2D eigenvalue weighted by Crippen LogP contribution is 2.37. The Hall–Kier alpha value is -1.75. The van der Waals surface area contributed by atoms with Gasteiger partial charge in [-0.25, -0.2) is 0 Å². The molecule has 1 aromatic heterocycles. The summed E-state index contributed by atoms with van der Waals surface area (Å²) in [7, 11) is 0. The molecule has 2 aliphatic heterocycles. The molecule has 0 radical (unpaired) electrons. The van der Waals surface area contributed by atoms with Gasteiger partial charge in [-0.05, 0) is 42.5 Å². The number of pyridine rings is 1. The molecule has 2 fully saturated rings. The van der Waals surface area contributed by atoms with Crippen molar-refractivity contribution in [3.8, 4) is 0 Å². The first-order valence-electron chi connectivity index (χ1n) is 9.72. The number of rotatable bonds is 6. The van der Waals surface area contributed by atoms with Gasteiger partial charge in [0.2, 0.25) is 0 Å². The summed E-state index contributed by atoms with van der Waals surface area (Å²) < 4.78 is 12.3. The molecule has 4 nitrogen and oxygen atoms in total. The van der Waals surface area contributed by atoms with Gasteiger partial charge in [-0.2, -0.15) is 0 Å². The van der Waals surface area contributed by atoms with Gasteiger partial charge in [-0.1, -0.05) is 30.3 Å². The summed E-state index contributed by atoms with van der Waals surface area (Å²) in [5.41, 5.74) is 2.65. The molecule has 0 N–H and O–H groups in total. The molecule has 2 aliphatic rings. The van der Waals surface area contributed by atoms with E-state index in [-0.39, 0.29) is 11.7 Å². The predicted molar refractivity (Wildman–Crippen MR) is 102 cm³/mol. The summed E-state index contributed by atoms with van der Waals surface area (Å²) in [5, 5.41) is 0. The average Bonchev–Trinajstić information content (AvgIpc) is 3.10. The molecule has 0 bridgehead atoms. The largest absolute Gasteiger partial charge is 0.372 e. The van der Waals surface area contributed by atoms with E-state index < -0.39 is 0 Å². The van der Waals surface area contributed by atoms with E-state index in [1.807, 2.05) is 24.5 Å². The monoisotopic (exact) mass is 352 g/mol. The van der Waals surface area contributed by atoms with Gasteiger partial charge >= 0.3 is 0 Å². The maximum atomic E-state index is 6.23. The fourth-order valence-corrected chi connectivity index (χ4v) is 4.07. The van der Waals surface area contributed by atoms with Crippen LogP contribution in [0.15, 0.2) is 54.9 Å². The Bertz CT molecular complexity index is 669. The zero-order valence-corrected chi connectivity index (χ0v) is 15.3. The van der Waals surface area contributed by atoms with E-state index in [0.29, 0.717) is 6.61 Å². The van der Waals surface area contributed by atoms with Crippen LogP contribution in [-0.2, 0) is 22.5 Å². The Kier molecular flexibility index (Phi) is 5.63. The molecular formula is C22H28N2O2. The van der Waals surface area contributed by atoms with Crippen LogP contribution >= 0.6 is 0 Å². The highest BCUT2D eigenvalue weighted by atomic mass is 16.6. The second kappa shape index (κ2) is 8.30. The lowest BCUT2D eigenvalue weighted by atomic mass is 9.88. The molecule has 1 atom stereocenters. The molecule has 0 amide bonds. The van der Waals surface area contributed by atoms with Crippen LogP contribution in [0.25, 0.3) is 0 Å². The number of benzene rings is 1. The van der Waals surface area contributed by atoms with Crippen molar-refractivity contribution in [1.29, 1.82) is 0 Å². The maximum absolute atomic E-state index is 6.23. The van der Waals surface area contributed by atoms with Crippen LogP contribution in [0.5, 0.6) is 0 Å². The highest BCUT2D eigenvalue weighted by molar-refractivity contribution is 5.15. The summed E-state index contributed by atoms with van der Waals surface area (Å²) in [6, 6.07) is 14.8. The summed E-state index contributed by atoms with van der Waals surface area (Å²) in [4.78, 5) is 6.63. The van der Waals surface area contributed by atoms with Crippen molar-refractivity contribution in [1.82, 2.24) is 9.88 Å². The number of nitrogens with zero attached hydrogens (tertiary/aromatic N) is 2. The zero-order valence-electron chi connectivity index (χ0n) is 15.3. The number of ether oxygens (including phenoxy) is 2. The highest BCUT2D eigenvalue weighted by Gasteiger charge is 2.42. The standard InChI is InChI=1S/C22H28N2O2/c1-2-4-19(5-3-1)8-13-24-14-9-22(10-15-24)16-21(18-26-22)25-17-20-6-11-23-12-7-20/h1-7,11-12,21H,8-10,13-18H2/t21-/m1/s1. The first-order chi connectivity index (χ1) is 12.8. The molecule has 1 aromatic carbocycles. The summed E-state index contributed by atoms with van der Waals surface area (Å²) in [5.74, 6) is 0. The van der Waals surface area contributed by atoms with Crippen molar-refractivity contribution >= 4 is 0 Å². The molecule has 0 aliphatic carbocycles. The van der Waals surface area contributed by atoms with E-state index >= 15 is 0 Å². The molecule has 138 valence electrons. The first kappa shape index (κ1) is 17.7. The average molecular weight is 352 g/mol. The Balaban J connectivity index is 1.20. The number of hydrogen-bond acceptors (Lipinski definition) is 4. The van der Waals surface area contributed by atoms with E-state index in [9.17, 15) is 0 Å². The van der Waals surface area contributed by atoms with E-state index in [4.69, 9.17) is 9.47 Å². The quantitative estimate of drug-likeness (QED) is 0.797. The zero-order chi connectivity index (χ0) is 17.7. The van der Waals surface area contributed by atoms with Crippen molar-refractivity contribution in [2.24, 2.45) is 0 Å². The molecular weight excluding hydrogens is 324 g/mol. The normalized spacial score (nSPS) is 22.7. The molecule has 2 aromatic rings. The number of aromatic nitrogens is 1. The molecule has 4 rings (SSSR count). The van der Waals surface area contributed by atoms with Crippen LogP contribution in [0.1, 0.15) is 30.4 Å². The third kappa shape index (κ3) is 4.50. The van der Waals surface area contributed by atoms with Gasteiger partial charge in [0.1, 0.15) is 0 Å². The van der Waals surface area contributed by atoms with Gasteiger partial charge in [0.05, 0.1) is 24.9 Å². The lowest BCUT2D eigenvalue weighted by Crippen LogP contribution is -2.44. The van der Waals surface area contributed by atoms with Crippen LogP contribution in [0.3, 0.4) is 0 Å². The Morgan fingerprint density at radius 1 is 1.04 bits per heavy atom. The maximum Gasteiger partial charge on any atom is 0.0840 e. The van der Waals surface area contributed by atoms with Crippen LogP contribution in [0.4, 0.5) is 0 Å². The predicted octanol–water partition coefficient (Wildman–Crippen LogP) is 3.46. The van der Waals surface area contributed by atoms with E-state index in [1.54, 1.807) is 0 Å². The fourth-order valence-electron chi connectivity index (χ4n) is 4.07. The fraction of sp³-hybridized carbons (Fsp3) is 0.500. The summed E-state index contributed by atoms with van der Waals surface area (Å²) in [6.45, 7) is 4.78. The minimum atomic E-state index is 0.0478. The molecule has 3 heterocycles. The third-order valence-corrected chi connectivity index (χ3v) is 5.74. The SMILES string of the molecule is c1ccc(CCN2CCC3(CC2)C[C@@H](OCc2ccncc2)CO3)cc1. The number of piperidine rings is 1. The van der Waals surface area contributed by atoms with Crippen molar-refractivity contribution in [2.45, 2.75) is 44.0 Å². The van der Waals surface area contributed by atoms with Gasteiger partial charge in [0, 0.05) is 38.4 Å². The van der Waals surface area contributed by atoms with Gasteiger partial charge in [-0.15, -0.1) is 0 Å². The van der Waals surface area contributed by atoms with Crippen LogP contribution < -0.4 is 0 Å². The van der Waals surface area contributed by atoms with Crippen LogP contribution in [0, 0.1) is 0 Å². The second-order valence-corrected chi connectivity index (χ2v) is 7.56. The minimum absolute atomic E-state index is 0.0478. The lowest BCUT2D eigenvalue weighted by molar-refractivity contribution is -0.0452. The molecule has 26 heavy (non-hydrogen) atoms. The molecule has 1 spiro atoms. The molecule has 4 heteroatoms. The lowest BCUT2D eigenvalue weighted by Gasteiger charge is -2.38. The summed E-state index contributed by atoms with van der Waals surface area (Å²) >= 11 is 0. The smallest absolute Gasteiger partial charge is 0.0840 e. The molecule has 0 saturated carbocycles. The van der Waals surface area contributed by atoms with Crippen molar-refractivity contribution in [3.05, 3.63) is 66.0 Å².